The fourth-order valence-corrected chi connectivity index (χ4v) is 3.74. The second-order valence-corrected chi connectivity index (χ2v) is 8.00. The summed E-state index contributed by atoms with van der Waals surface area (Å²) in [5.41, 5.74) is 1.36. The van der Waals surface area contributed by atoms with Gasteiger partial charge >= 0.3 is 12.1 Å². The molecule has 4 aromatic rings. The van der Waals surface area contributed by atoms with Crippen LogP contribution in [0.3, 0.4) is 0 Å². The van der Waals surface area contributed by atoms with Gasteiger partial charge in [0, 0.05) is 29.6 Å². The Kier molecular flexibility index (Phi) is 6.01. The summed E-state index contributed by atoms with van der Waals surface area (Å²) in [5.74, 6) is -0.394. The van der Waals surface area contributed by atoms with Crippen molar-refractivity contribution < 1.29 is 27.4 Å². The molecule has 2 aromatic carbocycles. The number of amides is 1. The van der Waals surface area contributed by atoms with Gasteiger partial charge in [0.2, 0.25) is 0 Å². The van der Waals surface area contributed by atoms with E-state index in [0.717, 1.165) is 15.7 Å². The highest BCUT2D eigenvalue weighted by atomic mass is 127. The van der Waals surface area contributed by atoms with E-state index in [-0.39, 0.29) is 5.56 Å². The molecule has 0 spiro atoms. The highest BCUT2D eigenvalue weighted by Crippen LogP contribution is 2.34. The Morgan fingerprint density at radius 1 is 1.12 bits per heavy atom. The Hall–Kier alpha value is -3.55. The standard InChI is InChI=1S/C21H14F3IN4O4/c1-10-7-13(25)16(32-15-5-6-26-18-17(15)28-20(31)29-18)9-14(10)27-19(30)11-3-2-4-12(8-11)33-21(22,23)24/h2-9H,1H3,(H,27,30)(H2,26,28,29,31). The van der Waals surface area contributed by atoms with Crippen molar-refractivity contribution in [1.82, 2.24) is 15.0 Å². The average Bonchev–Trinajstić information content (AvgIpc) is 3.11. The zero-order valence-electron chi connectivity index (χ0n) is 16.7. The van der Waals surface area contributed by atoms with Crippen LogP contribution in [0.1, 0.15) is 15.9 Å². The van der Waals surface area contributed by atoms with Crippen LogP contribution in [0.4, 0.5) is 18.9 Å². The fourth-order valence-electron chi connectivity index (χ4n) is 3.01. The number of halogens is 4. The number of pyridine rings is 1. The molecule has 33 heavy (non-hydrogen) atoms. The zero-order chi connectivity index (χ0) is 23.8. The van der Waals surface area contributed by atoms with Crippen LogP contribution in [-0.4, -0.2) is 27.2 Å². The number of imidazole rings is 1. The van der Waals surface area contributed by atoms with E-state index in [1.807, 2.05) is 0 Å². The molecule has 2 heterocycles. The number of aromatic nitrogens is 3. The third-order valence-electron chi connectivity index (χ3n) is 4.46. The SMILES string of the molecule is Cc1cc(I)c(Oc2ccnc3[nH]c(=O)[nH]c23)cc1NC(=O)c1cccc(OC(F)(F)F)c1. The second kappa shape index (κ2) is 8.77. The molecule has 0 saturated carbocycles. The van der Waals surface area contributed by atoms with Gasteiger partial charge in [-0.15, -0.1) is 13.2 Å². The van der Waals surface area contributed by atoms with Gasteiger partial charge in [-0.05, 0) is 59.3 Å². The number of rotatable bonds is 5. The smallest absolute Gasteiger partial charge is 0.454 e. The molecule has 0 aliphatic rings. The van der Waals surface area contributed by atoms with Crippen molar-refractivity contribution >= 4 is 45.3 Å². The summed E-state index contributed by atoms with van der Waals surface area (Å²) in [6.45, 7) is 1.76. The Labute approximate surface area is 197 Å². The van der Waals surface area contributed by atoms with E-state index >= 15 is 0 Å². The number of aromatic amines is 2. The van der Waals surface area contributed by atoms with Gasteiger partial charge in [0.05, 0.1) is 3.57 Å². The Morgan fingerprint density at radius 3 is 2.67 bits per heavy atom. The van der Waals surface area contributed by atoms with Crippen LogP contribution >= 0.6 is 22.6 Å². The highest BCUT2D eigenvalue weighted by molar-refractivity contribution is 14.1. The minimum absolute atomic E-state index is 0.0158. The number of ether oxygens (including phenoxy) is 2. The average molecular weight is 570 g/mol. The molecule has 0 saturated heterocycles. The van der Waals surface area contributed by atoms with E-state index in [4.69, 9.17) is 4.74 Å². The van der Waals surface area contributed by atoms with Gasteiger partial charge in [-0.3, -0.25) is 9.78 Å². The molecule has 8 nitrogen and oxygen atoms in total. The first kappa shape index (κ1) is 22.6. The van der Waals surface area contributed by atoms with Crippen LogP contribution in [0.25, 0.3) is 11.2 Å². The topological polar surface area (TPSA) is 109 Å². The van der Waals surface area contributed by atoms with E-state index in [0.29, 0.717) is 33.9 Å². The summed E-state index contributed by atoms with van der Waals surface area (Å²) in [4.78, 5) is 33.5. The van der Waals surface area contributed by atoms with Crippen molar-refractivity contribution in [1.29, 1.82) is 0 Å². The molecule has 0 atom stereocenters. The predicted octanol–water partition coefficient (Wildman–Crippen LogP) is 5.11. The maximum Gasteiger partial charge on any atom is 0.573 e. The fraction of sp³-hybridized carbons (Fsp3) is 0.0952. The molecule has 0 unspecified atom stereocenters. The number of anilines is 1. The minimum atomic E-state index is -4.86. The van der Waals surface area contributed by atoms with E-state index in [1.54, 1.807) is 25.1 Å². The van der Waals surface area contributed by atoms with E-state index in [2.05, 4.69) is 47.6 Å². The highest BCUT2D eigenvalue weighted by Gasteiger charge is 2.31. The quantitative estimate of drug-likeness (QED) is 0.289. The van der Waals surface area contributed by atoms with Crippen LogP contribution in [0.5, 0.6) is 17.2 Å². The lowest BCUT2D eigenvalue weighted by Crippen LogP contribution is -2.18. The van der Waals surface area contributed by atoms with Crippen molar-refractivity contribution in [2.24, 2.45) is 0 Å². The maximum atomic E-state index is 12.7. The number of nitrogens with one attached hydrogen (secondary N) is 3. The van der Waals surface area contributed by atoms with Crippen LogP contribution in [-0.2, 0) is 0 Å². The second-order valence-electron chi connectivity index (χ2n) is 6.84. The summed E-state index contributed by atoms with van der Waals surface area (Å²) < 4.78 is 48.0. The molecule has 0 bridgehead atoms. The number of alkyl halides is 3. The van der Waals surface area contributed by atoms with Gasteiger partial charge in [0.15, 0.2) is 11.4 Å². The lowest BCUT2D eigenvalue weighted by molar-refractivity contribution is -0.274. The number of nitrogens with zero attached hydrogens (tertiary/aromatic N) is 1. The van der Waals surface area contributed by atoms with Gasteiger partial charge < -0.3 is 19.8 Å². The van der Waals surface area contributed by atoms with E-state index < -0.39 is 23.7 Å². The van der Waals surface area contributed by atoms with Gasteiger partial charge in [-0.1, -0.05) is 6.07 Å². The lowest BCUT2D eigenvalue weighted by Gasteiger charge is -2.14. The molecule has 0 radical (unpaired) electrons. The number of hydrogen-bond donors (Lipinski definition) is 3. The first-order chi connectivity index (χ1) is 15.6. The molecule has 0 fully saturated rings. The van der Waals surface area contributed by atoms with Crippen molar-refractivity contribution in [2.75, 3.05) is 5.32 Å². The number of fused-ring (bicyclic) bond motifs is 1. The Morgan fingerprint density at radius 2 is 1.91 bits per heavy atom. The summed E-state index contributed by atoms with van der Waals surface area (Å²) in [6, 6.07) is 9.69. The summed E-state index contributed by atoms with van der Waals surface area (Å²) >= 11 is 2.06. The summed E-state index contributed by atoms with van der Waals surface area (Å²) in [6.07, 6.45) is -3.39. The summed E-state index contributed by atoms with van der Waals surface area (Å²) in [5, 5.41) is 2.68. The van der Waals surface area contributed by atoms with Crippen LogP contribution < -0.4 is 20.5 Å². The zero-order valence-corrected chi connectivity index (χ0v) is 18.9. The molecule has 12 heteroatoms. The van der Waals surface area contributed by atoms with Gasteiger partial charge in [0.1, 0.15) is 17.0 Å². The van der Waals surface area contributed by atoms with Gasteiger partial charge in [-0.2, -0.15) is 0 Å². The maximum absolute atomic E-state index is 12.7. The van der Waals surface area contributed by atoms with E-state index in [9.17, 15) is 22.8 Å². The number of benzene rings is 2. The van der Waals surface area contributed by atoms with Crippen LogP contribution in [0, 0.1) is 10.5 Å². The monoisotopic (exact) mass is 570 g/mol. The van der Waals surface area contributed by atoms with Crippen molar-refractivity contribution in [3.8, 4) is 17.2 Å². The molecule has 1 amide bonds. The van der Waals surface area contributed by atoms with Crippen LogP contribution in [0.2, 0.25) is 0 Å². The normalized spacial score (nSPS) is 11.4. The van der Waals surface area contributed by atoms with Crippen LogP contribution in [0.15, 0.2) is 53.5 Å². The largest absolute Gasteiger partial charge is 0.573 e. The number of H-pyrrole nitrogens is 2. The predicted molar refractivity (Wildman–Crippen MR) is 122 cm³/mol. The van der Waals surface area contributed by atoms with Crippen molar-refractivity contribution in [3.05, 3.63) is 73.8 Å². The molecule has 3 N–H and O–H groups in total. The first-order valence-electron chi connectivity index (χ1n) is 9.31. The van der Waals surface area contributed by atoms with Gasteiger partial charge in [-0.25, -0.2) is 9.78 Å². The number of carbonyl (C=O) groups is 1. The van der Waals surface area contributed by atoms with E-state index in [1.165, 1.54) is 18.3 Å². The molecule has 4 rings (SSSR count). The molecule has 2 aromatic heterocycles. The van der Waals surface area contributed by atoms with Crippen molar-refractivity contribution in [3.63, 3.8) is 0 Å². The molecule has 170 valence electrons. The number of hydrogen-bond acceptors (Lipinski definition) is 5. The third-order valence-corrected chi connectivity index (χ3v) is 5.30. The Bertz CT molecular complexity index is 1410. The molecule has 0 aliphatic heterocycles. The van der Waals surface area contributed by atoms with Gasteiger partial charge in [0.25, 0.3) is 5.91 Å². The first-order valence-corrected chi connectivity index (χ1v) is 10.4. The molecular formula is C21H14F3IN4O4. The van der Waals surface area contributed by atoms with Crippen molar-refractivity contribution in [2.45, 2.75) is 13.3 Å². The lowest BCUT2D eigenvalue weighted by atomic mass is 10.1. The molecular weight excluding hydrogens is 556 g/mol. The number of aryl methyl sites for hydroxylation is 1. The number of carbonyl (C=O) groups excluding carboxylic acids is 1. The minimum Gasteiger partial charge on any atom is -0.454 e. The third kappa shape index (κ3) is 5.27. The Balaban J connectivity index is 1.60. The summed E-state index contributed by atoms with van der Waals surface area (Å²) in [7, 11) is 0. The molecule has 0 aliphatic carbocycles.